The van der Waals surface area contributed by atoms with Crippen LogP contribution in [0, 0.1) is 11.3 Å². The van der Waals surface area contributed by atoms with E-state index in [2.05, 4.69) is 31.8 Å². The lowest BCUT2D eigenvalue weighted by molar-refractivity contribution is 0.171. The summed E-state index contributed by atoms with van der Waals surface area (Å²) in [6.07, 6.45) is 8.30. The average Bonchev–Trinajstić information content (AvgIpc) is 3.52. The summed E-state index contributed by atoms with van der Waals surface area (Å²) in [5, 5.41) is 30.2. The minimum Gasteiger partial charge on any atom is -0.391 e. The van der Waals surface area contributed by atoms with E-state index in [4.69, 9.17) is 0 Å². The van der Waals surface area contributed by atoms with Gasteiger partial charge in [0.1, 0.15) is 17.5 Å². The van der Waals surface area contributed by atoms with Crippen molar-refractivity contribution in [3.05, 3.63) is 48.4 Å². The van der Waals surface area contributed by atoms with Crippen molar-refractivity contribution >= 4 is 21.8 Å². The Morgan fingerprint density at radius 1 is 1.05 bits per heavy atom. The summed E-state index contributed by atoms with van der Waals surface area (Å²) in [6.45, 7) is 0.750. The second kappa shape index (κ2) is 10.5. The third-order valence-electron chi connectivity index (χ3n) is 7.03. The van der Waals surface area contributed by atoms with E-state index in [1.54, 1.807) is 35.1 Å². The fourth-order valence-corrected chi connectivity index (χ4v) is 6.36. The number of aromatic nitrogens is 4. The van der Waals surface area contributed by atoms with Gasteiger partial charge in [-0.15, -0.1) is 0 Å². The van der Waals surface area contributed by atoms with Gasteiger partial charge in [-0.2, -0.15) is 19.6 Å². The first-order chi connectivity index (χ1) is 17.8. The van der Waals surface area contributed by atoms with Crippen molar-refractivity contribution in [3.8, 4) is 17.2 Å². The Labute approximate surface area is 216 Å². The summed E-state index contributed by atoms with van der Waals surface area (Å²) in [7, 11) is -1.76. The Kier molecular flexibility index (Phi) is 7.10. The number of sulfonamides is 1. The molecule has 0 radical (unpaired) electrons. The molecule has 5 rings (SSSR count). The highest BCUT2D eigenvalue weighted by atomic mass is 32.2. The lowest BCUT2D eigenvalue weighted by Crippen LogP contribution is -2.42. The zero-order chi connectivity index (χ0) is 26.0. The number of nitrogens with zero attached hydrogens (tertiary/aromatic N) is 6. The highest BCUT2D eigenvalue weighted by Gasteiger charge is 2.30. The van der Waals surface area contributed by atoms with Crippen LogP contribution in [0.2, 0.25) is 0 Å². The summed E-state index contributed by atoms with van der Waals surface area (Å²) in [5.41, 5.74) is 2.16. The molecule has 0 amide bonds. The van der Waals surface area contributed by atoms with E-state index < -0.39 is 16.1 Å². The molecule has 1 saturated heterocycles. The van der Waals surface area contributed by atoms with Crippen molar-refractivity contribution in [2.75, 3.05) is 23.7 Å². The number of nitriles is 1. The fraction of sp³-hybridized carbons (Fsp3) is 0.440. The molecule has 2 atom stereocenters. The van der Waals surface area contributed by atoms with Crippen LogP contribution in [0.3, 0.4) is 0 Å². The van der Waals surface area contributed by atoms with Crippen LogP contribution in [0.5, 0.6) is 0 Å². The minimum absolute atomic E-state index is 0.00253. The zero-order valence-electron chi connectivity index (χ0n) is 20.6. The Bertz CT molecular complexity index is 1390. The molecule has 11 nitrogen and oxygen atoms in total. The highest BCUT2D eigenvalue weighted by molar-refractivity contribution is 7.89. The number of aliphatic hydroxyl groups excluding tert-OH is 1. The number of nitrogens with one attached hydrogen (secondary N) is 2. The molecule has 37 heavy (non-hydrogen) atoms. The summed E-state index contributed by atoms with van der Waals surface area (Å²) in [5.74, 6) is 0.780. The standard InChI is InChI=1S/C25H30N8O3S/c1-32-16-19(15-28-32)17-5-7-21(8-6-17)37(35,36)33-11-9-20(10-12-33)29-25-27-14-18(13-26)24(31-25)30-22-3-2-4-23(22)34/h5-8,14-16,20,22-23,34H,2-4,9-12H2,1H3,(H2,27,29,30,31)/t22-,23+/m0/s1. The van der Waals surface area contributed by atoms with Gasteiger partial charge in [0.05, 0.1) is 29.4 Å². The van der Waals surface area contributed by atoms with Crippen LogP contribution in [-0.4, -0.2) is 68.9 Å². The van der Waals surface area contributed by atoms with Gasteiger partial charge in [0.15, 0.2) is 0 Å². The quantitative estimate of drug-likeness (QED) is 0.425. The number of rotatable bonds is 7. The van der Waals surface area contributed by atoms with Gasteiger partial charge in [-0.3, -0.25) is 4.68 Å². The van der Waals surface area contributed by atoms with E-state index in [0.717, 1.165) is 30.4 Å². The van der Waals surface area contributed by atoms with E-state index in [1.807, 2.05) is 13.2 Å². The van der Waals surface area contributed by atoms with E-state index >= 15 is 0 Å². The fourth-order valence-electron chi connectivity index (χ4n) is 4.89. The van der Waals surface area contributed by atoms with Crippen LogP contribution in [0.1, 0.15) is 37.7 Å². The maximum absolute atomic E-state index is 13.2. The van der Waals surface area contributed by atoms with Crippen LogP contribution in [0.4, 0.5) is 11.8 Å². The lowest BCUT2D eigenvalue weighted by Gasteiger charge is -2.31. The van der Waals surface area contributed by atoms with Crippen molar-refractivity contribution in [3.63, 3.8) is 0 Å². The van der Waals surface area contributed by atoms with Crippen molar-refractivity contribution < 1.29 is 13.5 Å². The Hall–Kier alpha value is -3.53. The number of hydrogen-bond donors (Lipinski definition) is 3. The Balaban J connectivity index is 1.21. The SMILES string of the molecule is Cn1cc(-c2ccc(S(=O)(=O)N3CCC(Nc4ncc(C#N)c(N[C@H]5CCC[C@H]5O)n4)CC3)cc2)cn1. The first-order valence-electron chi connectivity index (χ1n) is 12.4. The number of piperidine rings is 1. The number of anilines is 2. The first kappa shape index (κ1) is 25.1. The van der Waals surface area contributed by atoms with Gasteiger partial charge in [0.25, 0.3) is 0 Å². The number of aryl methyl sites for hydroxylation is 1. The molecule has 2 aliphatic rings. The minimum atomic E-state index is -3.60. The van der Waals surface area contributed by atoms with Gasteiger partial charge in [-0.1, -0.05) is 12.1 Å². The normalized spacial score (nSPS) is 21.0. The monoisotopic (exact) mass is 522 g/mol. The van der Waals surface area contributed by atoms with Gasteiger partial charge in [0.2, 0.25) is 16.0 Å². The van der Waals surface area contributed by atoms with Gasteiger partial charge in [-0.05, 0) is 49.8 Å². The Morgan fingerprint density at radius 2 is 1.81 bits per heavy atom. The molecule has 2 fully saturated rings. The first-order valence-corrected chi connectivity index (χ1v) is 13.8. The molecule has 1 saturated carbocycles. The van der Waals surface area contributed by atoms with E-state index in [0.29, 0.717) is 43.3 Å². The predicted molar refractivity (Wildman–Crippen MR) is 138 cm³/mol. The largest absolute Gasteiger partial charge is 0.391 e. The van der Waals surface area contributed by atoms with Crippen LogP contribution in [0.15, 0.2) is 47.8 Å². The molecule has 3 N–H and O–H groups in total. The molecule has 2 aromatic heterocycles. The molecule has 0 unspecified atom stereocenters. The molecule has 0 bridgehead atoms. The second-order valence-electron chi connectivity index (χ2n) is 9.57. The maximum atomic E-state index is 13.2. The summed E-state index contributed by atoms with van der Waals surface area (Å²) in [4.78, 5) is 9.01. The van der Waals surface area contributed by atoms with Crippen molar-refractivity contribution in [1.82, 2.24) is 24.1 Å². The van der Waals surface area contributed by atoms with Crippen molar-refractivity contribution in [1.29, 1.82) is 5.26 Å². The Morgan fingerprint density at radius 3 is 2.43 bits per heavy atom. The van der Waals surface area contributed by atoms with Crippen LogP contribution >= 0.6 is 0 Å². The lowest BCUT2D eigenvalue weighted by atomic mass is 10.1. The van der Waals surface area contributed by atoms with Crippen molar-refractivity contribution in [2.45, 2.75) is 55.2 Å². The van der Waals surface area contributed by atoms with E-state index in [-0.39, 0.29) is 17.0 Å². The summed E-state index contributed by atoms with van der Waals surface area (Å²) in [6, 6.07) is 8.84. The third kappa shape index (κ3) is 5.44. The van der Waals surface area contributed by atoms with E-state index in [1.165, 1.54) is 10.5 Å². The molecule has 1 aliphatic carbocycles. The predicted octanol–water partition coefficient (Wildman–Crippen LogP) is 2.34. The average molecular weight is 523 g/mol. The molecular weight excluding hydrogens is 492 g/mol. The molecule has 3 heterocycles. The third-order valence-corrected chi connectivity index (χ3v) is 8.94. The molecule has 3 aromatic rings. The molecular formula is C25H30N8O3S. The maximum Gasteiger partial charge on any atom is 0.243 e. The molecule has 0 spiro atoms. The smallest absolute Gasteiger partial charge is 0.243 e. The molecule has 194 valence electrons. The summed E-state index contributed by atoms with van der Waals surface area (Å²) >= 11 is 0. The molecule has 12 heteroatoms. The van der Waals surface area contributed by atoms with Gasteiger partial charge in [0, 0.05) is 37.9 Å². The van der Waals surface area contributed by atoms with Gasteiger partial charge in [-0.25, -0.2) is 13.4 Å². The zero-order valence-corrected chi connectivity index (χ0v) is 21.4. The number of hydrogen-bond acceptors (Lipinski definition) is 9. The van der Waals surface area contributed by atoms with Crippen molar-refractivity contribution in [2.24, 2.45) is 7.05 Å². The number of benzene rings is 1. The van der Waals surface area contributed by atoms with Crippen LogP contribution < -0.4 is 10.6 Å². The molecule has 1 aliphatic heterocycles. The van der Waals surface area contributed by atoms with Crippen LogP contribution in [0.25, 0.3) is 11.1 Å². The van der Waals surface area contributed by atoms with Crippen LogP contribution in [-0.2, 0) is 17.1 Å². The summed E-state index contributed by atoms with van der Waals surface area (Å²) < 4.78 is 29.7. The highest BCUT2D eigenvalue weighted by Crippen LogP contribution is 2.27. The van der Waals surface area contributed by atoms with E-state index in [9.17, 15) is 18.8 Å². The molecule has 1 aromatic carbocycles. The number of aliphatic hydroxyl groups is 1. The van der Waals surface area contributed by atoms with Gasteiger partial charge < -0.3 is 15.7 Å². The second-order valence-corrected chi connectivity index (χ2v) is 11.5. The topological polar surface area (TPSA) is 149 Å². The van der Waals surface area contributed by atoms with Gasteiger partial charge >= 0.3 is 0 Å².